The first-order valence-corrected chi connectivity index (χ1v) is 10.3. The molecule has 1 heterocycles. The van der Waals surface area contributed by atoms with Gasteiger partial charge in [0.05, 0.1) is 11.4 Å². The average Bonchev–Trinajstić information content (AvgIpc) is 3.26. The Bertz CT molecular complexity index is 1220. The number of hydrogen-bond acceptors (Lipinski definition) is 2. The van der Waals surface area contributed by atoms with Crippen molar-refractivity contribution in [1.82, 2.24) is 0 Å². The van der Waals surface area contributed by atoms with Gasteiger partial charge in [0.25, 0.3) is 0 Å². The first kappa shape index (κ1) is 16.0. The minimum Gasteiger partial charge on any atom is -0.453 e. The molecular formula is C26H23NO. The molecule has 2 nitrogen and oxygen atoms in total. The van der Waals surface area contributed by atoms with Crippen LogP contribution in [0.2, 0.25) is 0 Å². The van der Waals surface area contributed by atoms with Gasteiger partial charge in [0.1, 0.15) is 0 Å². The van der Waals surface area contributed by atoms with Crippen molar-refractivity contribution in [2.75, 3.05) is 11.9 Å². The molecule has 28 heavy (non-hydrogen) atoms. The molecule has 0 radical (unpaired) electrons. The average molecular weight is 365 g/mol. The standard InChI is InChI=1S/C26H23NO/c1-27-22-14-18-10-4-5-11-19(18)16-24(22)28-26-23(27)15-20-12-6-7-13-21(20)25(26)17-8-2-3-9-17/h4-7,10-17H,2-3,8-9H2,1H3. The molecule has 0 unspecified atom stereocenters. The molecule has 0 N–H and O–H groups in total. The number of benzene rings is 4. The lowest BCUT2D eigenvalue weighted by Crippen LogP contribution is -2.17. The Labute approximate surface area is 165 Å². The van der Waals surface area contributed by atoms with Crippen molar-refractivity contribution in [3.8, 4) is 11.5 Å². The highest BCUT2D eigenvalue weighted by atomic mass is 16.5. The van der Waals surface area contributed by atoms with Gasteiger partial charge in [-0.25, -0.2) is 0 Å². The molecule has 0 saturated heterocycles. The Morgan fingerprint density at radius 1 is 0.786 bits per heavy atom. The van der Waals surface area contributed by atoms with E-state index in [-0.39, 0.29) is 0 Å². The van der Waals surface area contributed by atoms with Crippen molar-refractivity contribution in [2.24, 2.45) is 0 Å². The summed E-state index contributed by atoms with van der Waals surface area (Å²) in [5, 5.41) is 5.13. The molecule has 2 heteroatoms. The van der Waals surface area contributed by atoms with E-state index >= 15 is 0 Å². The quantitative estimate of drug-likeness (QED) is 0.346. The molecule has 1 aliphatic heterocycles. The summed E-state index contributed by atoms with van der Waals surface area (Å²) in [6.45, 7) is 0. The van der Waals surface area contributed by atoms with Crippen LogP contribution in [0.5, 0.6) is 11.5 Å². The van der Waals surface area contributed by atoms with Gasteiger partial charge in [-0.1, -0.05) is 61.4 Å². The Kier molecular flexibility index (Phi) is 3.43. The van der Waals surface area contributed by atoms with Crippen LogP contribution in [0, 0.1) is 0 Å². The second-order valence-corrected chi connectivity index (χ2v) is 8.17. The van der Waals surface area contributed by atoms with Crippen LogP contribution in [-0.2, 0) is 0 Å². The lowest BCUT2D eigenvalue weighted by Gasteiger charge is -2.33. The summed E-state index contributed by atoms with van der Waals surface area (Å²) < 4.78 is 6.67. The largest absolute Gasteiger partial charge is 0.453 e. The number of nitrogens with zero attached hydrogens (tertiary/aromatic N) is 1. The highest BCUT2D eigenvalue weighted by Gasteiger charge is 2.30. The second kappa shape index (κ2) is 6.00. The molecule has 0 aromatic heterocycles. The van der Waals surface area contributed by atoms with Crippen LogP contribution < -0.4 is 9.64 Å². The predicted octanol–water partition coefficient (Wildman–Crippen LogP) is 7.52. The molecule has 138 valence electrons. The second-order valence-electron chi connectivity index (χ2n) is 8.17. The maximum atomic E-state index is 6.67. The van der Waals surface area contributed by atoms with Gasteiger partial charge >= 0.3 is 0 Å². The summed E-state index contributed by atoms with van der Waals surface area (Å²) >= 11 is 0. The van der Waals surface area contributed by atoms with Crippen LogP contribution >= 0.6 is 0 Å². The van der Waals surface area contributed by atoms with Crippen molar-refractivity contribution in [3.63, 3.8) is 0 Å². The lowest BCUT2D eigenvalue weighted by atomic mass is 9.89. The SMILES string of the molecule is CN1c2cc3ccccc3cc2Oc2c1cc1ccccc1c2C1CCCC1. The summed E-state index contributed by atoms with van der Waals surface area (Å²) in [5.41, 5.74) is 3.73. The van der Waals surface area contributed by atoms with Crippen molar-refractivity contribution in [2.45, 2.75) is 31.6 Å². The summed E-state index contributed by atoms with van der Waals surface area (Å²) in [6.07, 6.45) is 5.16. The van der Waals surface area contributed by atoms with Crippen molar-refractivity contribution >= 4 is 32.9 Å². The summed E-state index contributed by atoms with van der Waals surface area (Å²) in [7, 11) is 2.17. The number of ether oxygens (including phenoxy) is 1. The van der Waals surface area contributed by atoms with Gasteiger partial charge in [-0.2, -0.15) is 0 Å². The summed E-state index contributed by atoms with van der Waals surface area (Å²) in [5.74, 6) is 2.62. The fourth-order valence-corrected chi connectivity index (χ4v) is 5.11. The first-order chi connectivity index (χ1) is 13.8. The van der Waals surface area contributed by atoms with E-state index in [0.29, 0.717) is 5.92 Å². The Morgan fingerprint density at radius 3 is 2.21 bits per heavy atom. The Balaban J connectivity index is 1.63. The molecule has 4 aromatic rings. The van der Waals surface area contributed by atoms with Crippen LogP contribution in [0.4, 0.5) is 11.4 Å². The lowest BCUT2D eigenvalue weighted by molar-refractivity contribution is 0.465. The van der Waals surface area contributed by atoms with E-state index < -0.39 is 0 Å². The first-order valence-electron chi connectivity index (χ1n) is 10.3. The van der Waals surface area contributed by atoms with Gasteiger partial charge in [0, 0.05) is 12.6 Å². The molecule has 0 spiro atoms. The van der Waals surface area contributed by atoms with Crippen molar-refractivity contribution in [1.29, 1.82) is 0 Å². The Morgan fingerprint density at radius 2 is 1.43 bits per heavy atom. The third-order valence-electron chi connectivity index (χ3n) is 6.55. The van der Waals surface area contributed by atoms with Gasteiger partial charge < -0.3 is 9.64 Å². The van der Waals surface area contributed by atoms with Gasteiger partial charge in [-0.05, 0) is 58.5 Å². The summed E-state index contributed by atoms with van der Waals surface area (Å²) in [4.78, 5) is 2.31. The molecule has 0 amide bonds. The smallest absolute Gasteiger partial charge is 0.155 e. The fraction of sp³-hybridized carbons (Fsp3) is 0.231. The van der Waals surface area contributed by atoms with Gasteiger partial charge in [-0.3, -0.25) is 0 Å². The molecular weight excluding hydrogens is 342 g/mol. The van der Waals surface area contributed by atoms with Crippen LogP contribution in [-0.4, -0.2) is 7.05 Å². The minimum atomic E-state index is 0.593. The maximum Gasteiger partial charge on any atom is 0.155 e. The van der Waals surface area contributed by atoms with Crippen LogP contribution in [0.25, 0.3) is 21.5 Å². The number of fused-ring (bicyclic) bond motifs is 4. The van der Waals surface area contributed by atoms with E-state index in [1.807, 2.05) is 0 Å². The maximum absolute atomic E-state index is 6.67. The van der Waals surface area contributed by atoms with E-state index in [4.69, 9.17) is 4.74 Å². The fourth-order valence-electron chi connectivity index (χ4n) is 5.11. The topological polar surface area (TPSA) is 12.5 Å². The monoisotopic (exact) mass is 365 g/mol. The number of rotatable bonds is 1. The van der Waals surface area contributed by atoms with Gasteiger partial charge in [0.2, 0.25) is 0 Å². The number of hydrogen-bond donors (Lipinski definition) is 0. The molecule has 1 saturated carbocycles. The zero-order chi connectivity index (χ0) is 18.7. The molecule has 0 bridgehead atoms. The Hall–Kier alpha value is -3.00. The minimum absolute atomic E-state index is 0.593. The molecule has 2 aliphatic rings. The zero-order valence-corrected chi connectivity index (χ0v) is 16.1. The zero-order valence-electron chi connectivity index (χ0n) is 16.1. The van der Waals surface area contributed by atoms with E-state index in [1.165, 1.54) is 58.5 Å². The van der Waals surface area contributed by atoms with Crippen LogP contribution in [0.1, 0.15) is 37.2 Å². The third kappa shape index (κ3) is 2.27. The molecule has 4 aromatic carbocycles. The van der Waals surface area contributed by atoms with Crippen LogP contribution in [0.3, 0.4) is 0 Å². The highest BCUT2D eigenvalue weighted by Crippen LogP contribution is 2.54. The van der Waals surface area contributed by atoms with Crippen molar-refractivity contribution < 1.29 is 4.74 Å². The molecule has 0 atom stereocenters. The third-order valence-corrected chi connectivity index (χ3v) is 6.55. The van der Waals surface area contributed by atoms with E-state index in [0.717, 1.165) is 17.2 Å². The highest BCUT2D eigenvalue weighted by molar-refractivity contribution is 5.98. The van der Waals surface area contributed by atoms with E-state index in [9.17, 15) is 0 Å². The summed E-state index contributed by atoms with van der Waals surface area (Å²) in [6, 6.07) is 24.0. The van der Waals surface area contributed by atoms with E-state index in [2.05, 4.69) is 78.7 Å². The van der Waals surface area contributed by atoms with Crippen LogP contribution in [0.15, 0.2) is 66.7 Å². The molecule has 6 rings (SSSR count). The molecule has 1 fully saturated rings. The molecule has 1 aliphatic carbocycles. The van der Waals surface area contributed by atoms with Crippen molar-refractivity contribution in [3.05, 3.63) is 72.3 Å². The van der Waals surface area contributed by atoms with Gasteiger partial charge in [0.15, 0.2) is 11.5 Å². The number of anilines is 2. The van der Waals surface area contributed by atoms with E-state index in [1.54, 1.807) is 0 Å². The normalized spacial score (nSPS) is 16.2. The predicted molar refractivity (Wildman–Crippen MR) is 117 cm³/mol. The van der Waals surface area contributed by atoms with Gasteiger partial charge in [-0.15, -0.1) is 0 Å².